The SMILES string of the molecule is O=C1CN[C@@H](c2cc([N+](=O)[O-])ccc2O)N1O. The highest BCUT2D eigenvalue weighted by atomic mass is 16.6. The van der Waals surface area contributed by atoms with Gasteiger partial charge >= 0.3 is 0 Å². The van der Waals surface area contributed by atoms with E-state index >= 15 is 0 Å². The van der Waals surface area contributed by atoms with Gasteiger partial charge in [0.2, 0.25) is 0 Å². The van der Waals surface area contributed by atoms with E-state index in [-0.39, 0.29) is 23.5 Å². The molecule has 1 aliphatic rings. The monoisotopic (exact) mass is 239 g/mol. The second-order valence-electron chi connectivity index (χ2n) is 3.52. The summed E-state index contributed by atoms with van der Waals surface area (Å²) in [4.78, 5) is 21.0. The fourth-order valence-electron chi connectivity index (χ4n) is 1.61. The van der Waals surface area contributed by atoms with Crippen molar-refractivity contribution in [1.29, 1.82) is 0 Å². The number of aromatic hydroxyl groups is 1. The lowest BCUT2D eigenvalue weighted by Gasteiger charge is -2.18. The number of hydrogen-bond acceptors (Lipinski definition) is 6. The van der Waals surface area contributed by atoms with Gasteiger partial charge in [-0.3, -0.25) is 25.4 Å². The standard InChI is InChI=1S/C9H9N3O5/c13-7-2-1-5(12(16)17)3-6(7)9-10-4-8(14)11(9)15/h1-3,9-10,13,15H,4H2/t9-/m1/s1. The molecule has 1 saturated heterocycles. The van der Waals surface area contributed by atoms with Crippen LogP contribution in [-0.4, -0.2) is 32.8 Å². The minimum atomic E-state index is -0.970. The largest absolute Gasteiger partial charge is 0.508 e. The third kappa shape index (κ3) is 1.90. The maximum Gasteiger partial charge on any atom is 0.270 e. The van der Waals surface area contributed by atoms with Gasteiger partial charge in [0.25, 0.3) is 11.6 Å². The number of non-ortho nitro benzene ring substituents is 1. The van der Waals surface area contributed by atoms with E-state index in [1.165, 1.54) is 0 Å². The molecule has 0 aliphatic carbocycles. The van der Waals surface area contributed by atoms with Crippen molar-refractivity contribution in [2.24, 2.45) is 0 Å². The number of amides is 1. The molecule has 1 aromatic rings. The second kappa shape index (κ2) is 4.00. The number of phenols is 1. The molecule has 0 bridgehead atoms. The smallest absolute Gasteiger partial charge is 0.270 e. The number of carbonyl (C=O) groups excluding carboxylic acids is 1. The number of carbonyl (C=O) groups is 1. The number of nitro benzene ring substituents is 1. The van der Waals surface area contributed by atoms with Crippen LogP contribution in [0.15, 0.2) is 18.2 Å². The summed E-state index contributed by atoms with van der Waals surface area (Å²) < 4.78 is 0. The van der Waals surface area contributed by atoms with Crippen molar-refractivity contribution in [3.05, 3.63) is 33.9 Å². The number of nitro groups is 1. The maximum atomic E-state index is 11.1. The topological polar surface area (TPSA) is 116 Å². The summed E-state index contributed by atoms with van der Waals surface area (Å²) in [6.07, 6.45) is -0.970. The molecule has 3 N–H and O–H groups in total. The van der Waals surface area contributed by atoms with Crippen molar-refractivity contribution in [3.63, 3.8) is 0 Å². The van der Waals surface area contributed by atoms with Gasteiger partial charge in [-0.15, -0.1) is 0 Å². The van der Waals surface area contributed by atoms with E-state index in [1.54, 1.807) is 0 Å². The predicted molar refractivity (Wildman–Crippen MR) is 54.1 cm³/mol. The third-order valence-electron chi connectivity index (χ3n) is 2.46. The third-order valence-corrected chi connectivity index (χ3v) is 2.46. The first-order valence-electron chi connectivity index (χ1n) is 4.72. The lowest BCUT2D eigenvalue weighted by Crippen LogP contribution is -2.26. The Morgan fingerprint density at radius 3 is 2.76 bits per heavy atom. The van der Waals surface area contributed by atoms with Gasteiger partial charge in [-0.1, -0.05) is 0 Å². The summed E-state index contributed by atoms with van der Waals surface area (Å²) in [5.74, 6) is -0.803. The summed E-state index contributed by atoms with van der Waals surface area (Å²) in [6.45, 7) is -0.0939. The van der Waals surface area contributed by atoms with E-state index in [0.29, 0.717) is 5.06 Å². The Hall–Kier alpha value is -2.19. The molecule has 2 rings (SSSR count). The highest BCUT2D eigenvalue weighted by molar-refractivity contribution is 5.79. The van der Waals surface area contributed by atoms with Gasteiger partial charge in [0.05, 0.1) is 11.5 Å². The molecule has 1 aromatic carbocycles. The lowest BCUT2D eigenvalue weighted by molar-refractivity contribution is -0.385. The molecule has 17 heavy (non-hydrogen) atoms. The van der Waals surface area contributed by atoms with Gasteiger partial charge in [0, 0.05) is 17.7 Å². The first kappa shape index (κ1) is 11.3. The van der Waals surface area contributed by atoms with Crippen LogP contribution >= 0.6 is 0 Å². The van der Waals surface area contributed by atoms with E-state index in [0.717, 1.165) is 18.2 Å². The number of nitrogens with zero attached hydrogens (tertiary/aromatic N) is 2. The number of hydroxylamine groups is 2. The van der Waals surface area contributed by atoms with Crippen LogP contribution in [0.1, 0.15) is 11.7 Å². The second-order valence-corrected chi connectivity index (χ2v) is 3.52. The molecule has 0 spiro atoms. The molecular formula is C9H9N3O5. The first-order chi connectivity index (χ1) is 8.00. The fraction of sp³-hybridized carbons (Fsp3) is 0.222. The molecule has 8 heteroatoms. The van der Waals surface area contributed by atoms with Crippen LogP contribution < -0.4 is 5.32 Å². The summed E-state index contributed by atoms with van der Waals surface area (Å²) >= 11 is 0. The zero-order valence-corrected chi connectivity index (χ0v) is 8.53. The van der Waals surface area contributed by atoms with Gasteiger partial charge in [-0.05, 0) is 6.07 Å². The quantitative estimate of drug-likeness (QED) is 0.383. The Labute approximate surface area is 95.2 Å². The van der Waals surface area contributed by atoms with Crippen LogP contribution in [0.25, 0.3) is 0 Å². The highest BCUT2D eigenvalue weighted by Gasteiger charge is 2.33. The Kier molecular flexibility index (Phi) is 2.66. The summed E-state index contributed by atoms with van der Waals surface area (Å²) in [5.41, 5.74) is -0.153. The fourth-order valence-corrected chi connectivity index (χ4v) is 1.61. The average molecular weight is 239 g/mol. The van der Waals surface area contributed by atoms with E-state index in [2.05, 4.69) is 5.32 Å². The van der Waals surface area contributed by atoms with Crippen molar-refractivity contribution in [1.82, 2.24) is 10.4 Å². The Morgan fingerprint density at radius 2 is 2.24 bits per heavy atom. The van der Waals surface area contributed by atoms with Crippen molar-refractivity contribution in [3.8, 4) is 5.75 Å². The number of rotatable bonds is 2. The number of hydrogen-bond donors (Lipinski definition) is 3. The molecule has 8 nitrogen and oxygen atoms in total. The van der Waals surface area contributed by atoms with Crippen molar-refractivity contribution < 1.29 is 20.0 Å². The minimum Gasteiger partial charge on any atom is -0.508 e. The summed E-state index contributed by atoms with van der Waals surface area (Å²) in [6, 6.07) is 3.39. The molecule has 1 heterocycles. The lowest BCUT2D eigenvalue weighted by atomic mass is 10.1. The molecule has 90 valence electrons. The van der Waals surface area contributed by atoms with Gasteiger partial charge in [-0.2, -0.15) is 0 Å². The van der Waals surface area contributed by atoms with Crippen LogP contribution in [0, 0.1) is 10.1 Å². The minimum absolute atomic E-state index is 0.0764. The molecule has 1 fully saturated rings. The van der Waals surface area contributed by atoms with E-state index in [1.807, 2.05) is 0 Å². The van der Waals surface area contributed by atoms with E-state index < -0.39 is 17.0 Å². The molecule has 1 atom stereocenters. The Morgan fingerprint density at radius 1 is 1.53 bits per heavy atom. The molecule has 1 aliphatic heterocycles. The normalized spacial score (nSPS) is 19.7. The number of benzene rings is 1. The molecule has 1 amide bonds. The first-order valence-corrected chi connectivity index (χ1v) is 4.72. The van der Waals surface area contributed by atoms with Crippen LogP contribution in [0.3, 0.4) is 0 Å². The Balaban J connectivity index is 2.41. The summed E-state index contributed by atoms with van der Waals surface area (Å²) in [7, 11) is 0. The van der Waals surface area contributed by atoms with Crippen LogP contribution in [0.5, 0.6) is 5.75 Å². The van der Waals surface area contributed by atoms with Crippen LogP contribution in [0.4, 0.5) is 5.69 Å². The van der Waals surface area contributed by atoms with Crippen LogP contribution in [-0.2, 0) is 4.79 Å². The number of phenolic OH excluding ortho intramolecular Hbond substituents is 1. The van der Waals surface area contributed by atoms with Gasteiger partial charge < -0.3 is 5.11 Å². The van der Waals surface area contributed by atoms with Crippen LogP contribution in [0.2, 0.25) is 0 Å². The van der Waals surface area contributed by atoms with Gasteiger partial charge in [-0.25, -0.2) is 5.06 Å². The molecule has 0 saturated carbocycles. The van der Waals surface area contributed by atoms with E-state index in [4.69, 9.17) is 0 Å². The van der Waals surface area contributed by atoms with Gasteiger partial charge in [0.1, 0.15) is 11.9 Å². The van der Waals surface area contributed by atoms with Crippen molar-refractivity contribution >= 4 is 11.6 Å². The highest BCUT2D eigenvalue weighted by Crippen LogP contribution is 2.31. The molecule has 0 aromatic heterocycles. The summed E-state index contributed by atoms with van der Waals surface area (Å²) in [5, 5.41) is 32.6. The predicted octanol–water partition coefficient (Wildman–Crippen LogP) is 0.120. The zero-order valence-electron chi connectivity index (χ0n) is 8.53. The zero-order chi connectivity index (χ0) is 12.6. The molecule has 0 radical (unpaired) electrons. The van der Waals surface area contributed by atoms with Crippen molar-refractivity contribution in [2.75, 3.05) is 6.54 Å². The molecular weight excluding hydrogens is 230 g/mol. The van der Waals surface area contributed by atoms with Gasteiger partial charge in [0.15, 0.2) is 0 Å². The average Bonchev–Trinajstić information content (AvgIpc) is 2.60. The Bertz CT molecular complexity index is 490. The number of nitrogens with one attached hydrogen (secondary N) is 1. The van der Waals surface area contributed by atoms with E-state index in [9.17, 15) is 25.2 Å². The van der Waals surface area contributed by atoms with Crippen molar-refractivity contribution in [2.45, 2.75) is 6.17 Å². The maximum absolute atomic E-state index is 11.1. The molecule has 0 unspecified atom stereocenters.